The molecule has 1 N–H and O–H groups in total. The Hall–Kier alpha value is -2.57. The first-order chi connectivity index (χ1) is 14.0. The first-order valence-corrected chi connectivity index (χ1v) is 10.4. The van der Waals surface area contributed by atoms with Crippen molar-refractivity contribution >= 4 is 61.5 Å². The van der Waals surface area contributed by atoms with E-state index in [-0.39, 0.29) is 18.4 Å². The average molecular weight is 474 g/mol. The third kappa shape index (κ3) is 4.23. The summed E-state index contributed by atoms with van der Waals surface area (Å²) in [5.74, 6) is 0.326. The summed E-state index contributed by atoms with van der Waals surface area (Å²) in [6, 6.07) is 16.9. The first-order valence-electron chi connectivity index (χ1n) is 9.23. The number of nitrogens with zero attached hydrogens (tertiary/aromatic N) is 1. The zero-order chi connectivity index (χ0) is 20.4. The van der Waals surface area contributed by atoms with Crippen molar-refractivity contribution in [2.75, 3.05) is 23.4 Å². The van der Waals surface area contributed by atoms with Crippen LogP contribution in [0.4, 0.5) is 11.4 Å². The lowest BCUT2D eigenvalue weighted by Gasteiger charge is -2.18. The van der Waals surface area contributed by atoms with Gasteiger partial charge in [0.1, 0.15) is 5.75 Å². The highest BCUT2D eigenvalue weighted by molar-refractivity contribution is 9.10. The molecule has 0 unspecified atom stereocenters. The summed E-state index contributed by atoms with van der Waals surface area (Å²) in [5.41, 5.74) is 1.18. The highest BCUT2D eigenvalue weighted by atomic mass is 79.9. The molecular weight excluding hydrogens is 456 g/mol. The monoisotopic (exact) mass is 472 g/mol. The minimum absolute atomic E-state index is 0.0779. The van der Waals surface area contributed by atoms with Crippen LogP contribution in [0.15, 0.2) is 59.1 Å². The predicted molar refractivity (Wildman–Crippen MR) is 119 cm³/mol. The van der Waals surface area contributed by atoms with E-state index in [0.29, 0.717) is 29.4 Å². The van der Waals surface area contributed by atoms with Crippen LogP contribution in [-0.2, 0) is 9.59 Å². The Morgan fingerprint density at radius 3 is 2.79 bits per heavy atom. The van der Waals surface area contributed by atoms with Crippen LogP contribution in [-0.4, -0.2) is 25.0 Å². The Kier molecular flexibility index (Phi) is 5.74. The van der Waals surface area contributed by atoms with Gasteiger partial charge in [-0.15, -0.1) is 0 Å². The highest BCUT2D eigenvalue weighted by Gasteiger charge is 2.22. The fraction of sp³-hybridized carbons (Fsp3) is 0.182. The topological polar surface area (TPSA) is 58.6 Å². The van der Waals surface area contributed by atoms with E-state index in [4.69, 9.17) is 16.3 Å². The number of halogens is 2. The summed E-state index contributed by atoms with van der Waals surface area (Å²) in [7, 11) is 0. The van der Waals surface area contributed by atoms with E-state index >= 15 is 0 Å². The fourth-order valence-electron chi connectivity index (χ4n) is 3.35. The zero-order valence-corrected chi connectivity index (χ0v) is 17.8. The molecule has 0 aromatic heterocycles. The quantitative estimate of drug-likeness (QED) is 0.540. The Morgan fingerprint density at radius 2 is 2.00 bits per heavy atom. The lowest BCUT2D eigenvalue weighted by Crippen LogP contribution is -2.24. The first kappa shape index (κ1) is 19.7. The maximum absolute atomic E-state index is 12.4. The molecule has 0 bridgehead atoms. The number of benzene rings is 3. The van der Waals surface area contributed by atoms with Crippen LogP contribution in [0.5, 0.6) is 5.75 Å². The molecule has 148 valence electrons. The Labute approximate surface area is 181 Å². The van der Waals surface area contributed by atoms with Crippen molar-refractivity contribution in [1.29, 1.82) is 0 Å². The fourth-order valence-corrected chi connectivity index (χ4v) is 4.13. The van der Waals surface area contributed by atoms with Gasteiger partial charge < -0.3 is 15.0 Å². The maximum atomic E-state index is 12.4. The van der Waals surface area contributed by atoms with Gasteiger partial charge in [0.25, 0.3) is 5.91 Å². The number of amides is 2. The molecule has 0 saturated carbocycles. The number of hydrogen-bond donors (Lipinski definition) is 1. The molecule has 1 fully saturated rings. The molecule has 0 atom stereocenters. The van der Waals surface area contributed by atoms with E-state index in [9.17, 15) is 9.59 Å². The molecule has 2 amide bonds. The van der Waals surface area contributed by atoms with Crippen molar-refractivity contribution in [3.63, 3.8) is 0 Å². The van der Waals surface area contributed by atoms with Gasteiger partial charge in [-0.3, -0.25) is 9.59 Å². The van der Waals surface area contributed by atoms with Crippen LogP contribution >= 0.6 is 27.5 Å². The van der Waals surface area contributed by atoms with Gasteiger partial charge in [-0.05, 0) is 57.4 Å². The number of fused-ring (bicyclic) bond motifs is 1. The van der Waals surface area contributed by atoms with Gasteiger partial charge in [0, 0.05) is 18.7 Å². The van der Waals surface area contributed by atoms with E-state index in [0.717, 1.165) is 27.4 Å². The lowest BCUT2D eigenvalue weighted by atomic mass is 10.1. The minimum atomic E-state index is -0.336. The number of rotatable bonds is 5. The van der Waals surface area contributed by atoms with E-state index in [1.807, 2.05) is 36.4 Å². The molecule has 1 aliphatic rings. The Balaban J connectivity index is 1.45. The van der Waals surface area contributed by atoms with Crippen LogP contribution in [0.25, 0.3) is 10.8 Å². The number of ether oxygens (including phenoxy) is 1. The second kappa shape index (κ2) is 8.43. The van der Waals surface area contributed by atoms with E-state index in [1.165, 1.54) is 0 Å². The number of hydrogen-bond acceptors (Lipinski definition) is 3. The van der Waals surface area contributed by atoms with Crippen LogP contribution in [0.1, 0.15) is 12.8 Å². The summed E-state index contributed by atoms with van der Waals surface area (Å²) in [5, 5.41) is 5.26. The molecule has 3 aromatic rings. The molecule has 1 saturated heterocycles. The molecule has 1 heterocycles. The van der Waals surface area contributed by atoms with Gasteiger partial charge >= 0.3 is 0 Å². The number of carbonyl (C=O) groups is 2. The Bertz CT molecular complexity index is 1100. The summed E-state index contributed by atoms with van der Waals surface area (Å²) in [6.45, 7) is 0.507. The zero-order valence-electron chi connectivity index (χ0n) is 15.5. The third-order valence-electron chi connectivity index (χ3n) is 4.80. The van der Waals surface area contributed by atoms with Crippen molar-refractivity contribution in [2.24, 2.45) is 0 Å². The van der Waals surface area contributed by atoms with Crippen molar-refractivity contribution in [3.05, 3.63) is 64.1 Å². The van der Waals surface area contributed by atoms with Crippen LogP contribution in [0.3, 0.4) is 0 Å². The molecule has 5 nitrogen and oxygen atoms in total. The molecule has 7 heteroatoms. The average Bonchev–Trinajstić information content (AvgIpc) is 3.15. The van der Waals surface area contributed by atoms with E-state index < -0.39 is 0 Å². The summed E-state index contributed by atoms with van der Waals surface area (Å²) >= 11 is 9.77. The number of nitrogens with one attached hydrogen (secondary N) is 1. The van der Waals surface area contributed by atoms with E-state index in [1.54, 1.807) is 23.1 Å². The van der Waals surface area contributed by atoms with Crippen LogP contribution < -0.4 is 15.0 Å². The third-order valence-corrected chi connectivity index (χ3v) is 5.94. The molecule has 29 heavy (non-hydrogen) atoms. The van der Waals surface area contributed by atoms with Gasteiger partial charge in [-0.2, -0.15) is 0 Å². The number of carbonyl (C=O) groups excluding carboxylic acids is 2. The van der Waals surface area contributed by atoms with E-state index in [2.05, 4.69) is 21.2 Å². The van der Waals surface area contributed by atoms with Crippen LogP contribution in [0, 0.1) is 0 Å². The Morgan fingerprint density at radius 1 is 1.17 bits per heavy atom. The van der Waals surface area contributed by atoms with Gasteiger partial charge in [-0.1, -0.05) is 41.9 Å². The summed E-state index contributed by atoms with van der Waals surface area (Å²) < 4.78 is 6.50. The summed E-state index contributed by atoms with van der Waals surface area (Å²) in [6.07, 6.45) is 1.37. The second-order valence-electron chi connectivity index (χ2n) is 6.75. The number of anilines is 2. The van der Waals surface area contributed by atoms with Gasteiger partial charge in [-0.25, -0.2) is 0 Å². The molecule has 1 aliphatic heterocycles. The van der Waals surface area contributed by atoms with Crippen molar-refractivity contribution in [2.45, 2.75) is 12.8 Å². The van der Waals surface area contributed by atoms with Crippen molar-refractivity contribution < 1.29 is 14.3 Å². The second-order valence-corrected chi connectivity index (χ2v) is 7.95. The smallest absolute Gasteiger partial charge is 0.262 e. The standard InChI is InChI=1S/C22H18BrClN2O3/c23-22-16-5-2-1-4-14(16)7-10-19(22)29-13-20(27)25-18-12-15(8-9-17(18)24)26-11-3-6-21(26)28/h1-2,4-5,7-10,12H,3,6,11,13H2,(H,25,27). The largest absolute Gasteiger partial charge is 0.483 e. The predicted octanol–water partition coefficient (Wildman–Crippen LogP) is 5.40. The molecule has 0 aliphatic carbocycles. The maximum Gasteiger partial charge on any atom is 0.262 e. The molecule has 0 spiro atoms. The van der Waals surface area contributed by atoms with Gasteiger partial charge in [0.2, 0.25) is 5.91 Å². The molecule has 3 aromatic carbocycles. The van der Waals surface area contributed by atoms with Crippen molar-refractivity contribution in [1.82, 2.24) is 0 Å². The minimum Gasteiger partial charge on any atom is -0.483 e. The molecular formula is C22H18BrClN2O3. The molecule has 0 radical (unpaired) electrons. The lowest BCUT2D eigenvalue weighted by molar-refractivity contribution is -0.118. The van der Waals surface area contributed by atoms with Crippen LogP contribution in [0.2, 0.25) is 5.02 Å². The normalized spacial score (nSPS) is 13.7. The molecule has 4 rings (SSSR count). The highest BCUT2D eigenvalue weighted by Crippen LogP contribution is 2.33. The SMILES string of the molecule is O=C(COc1ccc2ccccc2c1Br)Nc1cc(N2CCCC2=O)ccc1Cl. The van der Waals surface area contributed by atoms with Crippen molar-refractivity contribution in [3.8, 4) is 5.75 Å². The van der Waals surface area contributed by atoms with Gasteiger partial charge in [0.05, 0.1) is 15.2 Å². The van der Waals surface area contributed by atoms with Gasteiger partial charge in [0.15, 0.2) is 6.61 Å². The summed E-state index contributed by atoms with van der Waals surface area (Å²) in [4.78, 5) is 26.1.